The second-order valence-electron chi connectivity index (χ2n) is 7.20. The van der Waals surface area contributed by atoms with E-state index in [9.17, 15) is 14.4 Å². The van der Waals surface area contributed by atoms with Crippen molar-refractivity contribution in [1.82, 2.24) is 20.4 Å². The number of nitrogens with one attached hydrogen (secondary N) is 2. The number of fused-ring (bicyclic) bond motifs is 1. The van der Waals surface area contributed by atoms with E-state index < -0.39 is 11.8 Å². The highest BCUT2D eigenvalue weighted by molar-refractivity contribution is 6.35. The van der Waals surface area contributed by atoms with Gasteiger partial charge in [-0.05, 0) is 30.3 Å². The van der Waals surface area contributed by atoms with Crippen LogP contribution >= 0.6 is 0 Å². The number of aromatic nitrogens is 2. The Kier molecular flexibility index (Phi) is 5.83. The molecule has 31 heavy (non-hydrogen) atoms. The van der Waals surface area contributed by atoms with E-state index in [1.807, 2.05) is 24.3 Å². The number of ether oxygens (including phenoxy) is 1. The molecule has 4 rings (SSSR count). The van der Waals surface area contributed by atoms with Gasteiger partial charge in [0.15, 0.2) is 0 Å². The third-order valence-corrected chi connectivity index (χ3v) is 5.39. The van der Waals surface area contributed by atoms with Crippen molar-refractivity contribution < 1.29 is 14.3 Å². The van der Waals surface area contributed by atoms with Crippen molar-refractivity contribution in [2.75, 3.05) is 38.2 Å². The fraction of sp³-hybridized carbons (Fsp3) is 0.273. The van der Waals surface area contributed by atoms with Crippen LogP contribution in [0.5, 0.6) is 5.75 Å². The lowest BCUT2D eigenvalue weighted by Crippen LogP contribution is -2.52. The van der Waals surface area contributed by atoms with E-state index in [1.165, 1.54) is 0 Å². The maximum atomic E-state index is 12.6. The van der Waals surface area contributed by atoms with Crippen LogP contribution in [0.4, 0.5) is 5.69 Å². The molecule has 0 radical (unpaired) electrons. The first-order chi connectivity index (χ1) is 15.1. The van der Waals surface area contributed by atoms with Gasteiger partial charge in [0.2, 0.25) is 0 Å². The summed E-state index contributed by atoms with van der Waals surface area (Å²) in [5.74, 6) is -0.461. The number of methoxy groups -OCH3 is 1. The van der Waals surface area contributed by atoms with Crippen LogP contribution < -0.4 is 20.5 Å². The summed E-state index contributed by atoms with van der Waals surface area (Å²) in [7, 11) is 1.63. The first-order valence-electron chi connectivity index (χ1n) is 9.99. The summed E-state index contributed by atoms with van der Waals surface area (Å²) in [6.07, 6.45) is 0. The lowest BCUT2D eigenvalue weighted by molar-refractivity contribution is -0.146. The van der Waals surface area contributed by atoms with Gasteiger partial charge in [-0.15, -0.1) is 0 Å². The molecule has 1 fully saturated rings. The van der Waals surface area contributed by atoms with E-state index in [0.29, 0.717) is 42.6 Å². The van der Waals surface area contributed by atoms with Crippen molar-refractivity contribution in [1.29, 1.82) is 0 Å². The molecule has 0 unspecified atom stereocenters. The second-order valence-corrected chi connectivity index (χ2v) is 7.20. The zero-order valence-electron chi connectivity index (χ0n) is 17.1. The van der Waals surface area contributed by atoms with Crippen LogP contribution in [-0.4, -0.2) is 60.2 Å². The third-order valence-electron chi connectivity index (χ3n) is 5.39. The van der Waals surface area contributed by atoms with Gasteiger partial charge in [-0.2, -0.15) is 5.10 Å². The van der Waals surface area contributed by atoms with Gasteiger partial charge in [0.1, 0.15) is 5.75 Å². The molecular formula is C22H23N5O4. The van der Waals surface area contributed by atoms with E-state index in [0.717, 1.165) is 11.4 Å². The number of amides is 2. The number of rotatable bonds is 4. The molecule has 9 heteroatoms. The van der Waals surface area contributed by atoms with E-state index in [-0.39, 0.29) is 12.1 Å². The highest BCUT2D eigenvalue weighted by Crippen LogP contribution is 2.20. The minimum Gasteiger partial charge on any atom is -0.497 e. The first-order valence-corrected chi connectivity index (χ1v) is 9.99. The molecule has 0 atom stereocenters. The first kappa shape index (κ1) is 20.4. The van der Waals surface area contributed by atoms with Crippen LogP contribution in [0.3, 0.4) is 0 Å². The predicted molar refractivity (Wildman–Crippen MR) is 116 cm³/mol. The van der Waals surface area contributed by atoms with Gasteiger partial charge in [0.05, 0.1) is 24.7 Å². The smallest absolute Gasteiger partial charge is 0.312 e. The Balaban J connectivity index is 1.34. The molecule has 1 saturated heterocycles. The molecular weight excluding hydrogens is 398 g/mol. The Labute approximate surface area is 178 Å². The average Bonchev–Trinajstić information content (AvgIpc) is 2.83. The van der Waals surface area contributed by atoms with Gasteiger partial charge in [0, 0.05) is 37.3 Å². The summed E-state index contributed by atoms with van der Waals surface area (Å²) in [5.41, 5.74) is 1.26. The van der Waals surface area contributed by atoms with Crippen LogP contribution in [-0.2, 0) is 16.1 Å². The molecule has 0 spiro atoms. The molecule has 1 aliphatic heterocycles. The monoisotopic (exact) mass is 421 g/mol. The van der Waals surface area contributed by atoms with E-state index in [4.69, 9.17) is 4.74 Å². The number of benzene rings is 2. The minimum atomic E-state index is -0.685. The number of carbonyl (C=O) groups is 2. The molecule has 0 saturated carbocycles. The van der Waals surface area contributed by atoms with Gasteiger partial charge in [0.25, 0.3) is 5.56 Å². The second kappa shape index (κ2) is 8.86. The lowest BCUT2D eigenvalue weighted by Gasteiger charge is -2.35. The van der Waals surface area contributed by atoms with Gasteiger partial charge >= 0.3 is 11.8 Å². The molecule has 3 aromatic rings. The van der Waals surface area contributed by atoms with Crippen LogP contribution in [0.1, 0.15) is 5.69 Å². The Hall–Kier alpha value is -3.88. The molecule has 0 aliphatic carbocycles. The highest BCUT2D eigenvalue weighted by Gasteiger charge is 2.26. The molecule has 2 N–H and O–H groups in total. The summed E-state index contributed by atoms with van der Waals surface area (Å²) < 4.78 is 5.18. The minimum absolute atomic E-state index is 0.0493. The number of anilines is 1. The molecule has 1 aliphatic rings. The Morgan fingerprint density at radius 2 is 1.71 bits per heavy atom. The van der Waals surface area contributed by atoms with E-state index in [1.54, 1.807) is 36.3 Å². The number of H-pyrrole nitrogens is 1. The van der Waals surface area contributed by atoms with Gasteiger partial charge in [-0.3, -0.25) is 14.4 Å². The SMILES string of the molecule is COc1ccc(N2CCN(C(=O)C(=O)NCc3n[nH]c(=O)c4ccccc34)CC2)cc1. The Morgan fingerprint density at radius 1 is 1.03 bits per heavy atom. The van der Waals surface area contributed by atoms with Gasteiger partial charge in [-0.1, -0.05) is 18.2 Å². The lowest BCUT2D eigenvalue weighted by atomic mass is 10.1. The predicted octanol–water partition coefficient (Wildman–Crippen LogP) is 0.897. The van der Waals surface area contributed by atoms with Gasteiger partial charge in [-0.25, -0.2) is 5.10 Å². The highest BCUT2D eigenvalue weighted by atomic mass is 16.5. The van der Waals surface area contributed by atoms with Crippen LogP contribution in [0, 0.1) is 0 Å². The van der Waals surface area contributed by atoms with Crippen LogP contribution in [0.15, 0.2) is 53.3 Å². The van der Waals surface area contributed by atoms with E-state index in [2.05, 4.69) is 20.4 Å². The normalized spacial score (nSPS) is 13.8. The van der Waals surface area contributed by atoms with Crippen molar-refractivity contribution in [3.63, 3.8) is 0 Å². The standard InChI is InChI=1S/C22H23N5O4/c1-31-16-8-6-15(7-9-16)26-10-12-27(13-11-26)22(30)21(29)23-14-19-17-4-2-3-5-18(17)20(28)25-24-19/h2-9H,10-14H2,1H3,(H,23,29)(H,25,28). The number of carbonyl (C=O) groups excluding carboxylic acids is 2. The molecule has 2 aromatic carbocycles. The molecule has 2 amide bonds. The quantitative estimate of drug-likeness (QED) is 0.606. The molecule has 2 heterocycles. The zero-order chi connectivity index (χ0) is 21.8. The molecule has 0 bridgehead atoms. The number of nitrogens with zero attached hydrogens (tertiary/aromatic N) is 3. The van der Waals surface area contributed by atoms with Crippen molar-refractivity contribution in [2.45, 2.75) is 6.54 Å². The Bertz CT molecular complexity index is 1150. The summed E-state index contributed by atoms with van der Waals surface area (Å²) in [6, 6.07) is 14.8. The maximum Gasteiger partial charge on any atom is 0.312 e. The summed E-state index contributed by atoms with van der Waals surface area (Å²) in [5, 5.41) is 10.2. The zero-order valence-corrected chi connectivity index (χ0v) is 17.1. The molecule has 9 nitrogen and oxygen atoms in total. The number of aromatic amines is 1. The van der Waals surface area contributed by atoms with Crippen molar-refractivity contribution in [3.8, 4) is 5.75 Å². The number of piperazine rings is 1. The number of hydrogen-bond donors (Lipinski definition) is 2. The topological polar surface area (TPSA) is 108 Å². The Morgan fingerprint density at radius 3 is 2.39 bits per heavy atom. The largest absolute Gasteiger partial charge is 0.497 e. The number of hydrogen-bond acceptors (Lipinski definition) is 6. The van der Waals surface area contributed by atoms with Gasteiger partial charge < -0.3 is 19.9 Å². The molecule has 160 valence electrons. The third kappa shape index (κ3) is 4.35. The molecule has 1 aromatic heterocycles. The average molecular weight is 421 g/mol. The maximum absolute atomic E-state index is 12.6. The van der Waals surface area contributed by atoms with Crippen LogP contribution in [0.25, 0.3) is 10.8 Å². The van der Waals surface area contributed by atoms with Crippen molar-refractivity contribution in [2.24, 2.45) is 0 Å². The summed E-state index contributed by atoms with van der Waals surface area (Å²) in [6.45, 7) is 2.23. The van der Waals surface area contributed by atoms with E-state index >= 15 is 0 Å². The fourth-order valence-corrected chi connectivity index (χ4v) is 3.65. The van der Waals surface area contributed by atoms with Crippen molar-refractivity contribution >= 4 is 28.3 Å². The van der Waals surface area contributed by atoms with Crippen molar-refractivity contribution in [3.05, 3.63) is 64.6 Å². The fourth-order valence-electron chi connectivity index (χ4n) is 3.65. The van der Waals surface area contributed by atoms with Crippen LogP contribution in [0.2, 0.25) is 0 Å². The summed E-state index contributed by atoms with van der Waals surface area (Å²) >= 11 is 0. The summed E-state index contributed by atoms with van der Waals surface area (Å²) in [4.78, 5) is 40.6.